The van der Waals surface area contributed by atoms with Crippen molar-refractivity contribution in [3.63, 3.8) is 0 Å². The predicted molar refractivity (Wildman–Crippen MR) is 73.9 cm³/mol. The van der Waals surface area contributed by atoms with Crippen LogP contribution in [0.1, 0.15) is 24.9 Å². The third kappa shape index (κ3) is 3.34. The first-order valence-corrected chi connectivity index (χ1v) is 6.96. The van der Waals surface area contributed by atoms with Crippen molar-refractivity contribution in [2.45, 2.75) is 37.7 Å². The van der Waals surface area contributed by atoms with Crippen LogP contribution in [-0.2, 0) is 12.3 Å². The second-order valence-corrected chi connectivity index (χ2v) is 5.04. The Morgan fingerprint density at radius 1 is 1.47 bits per heavy atom. The Morgan fingerprint density at radius 2 is 2.26 bits per heavy atom. The van der Waals surface area contributed by atoms with Crippen molar-refractivity contribution < 1.29 is 0 Å². The number of aromatic amines is 1. The molecular formula is C11H16N6OS. The Hall–Kier alpha value is -1.83. The molecule has 0 saturated heterocycles. The molecule has 2 aromatic heterocycles. The number of hydrogen-bond acceptors (Lipinski definition) is 6. The normalized spacial score (nSPS) is 10.8. The number of nitrogen functional groups attached to an aromatic ring is 1. The summed E-state index contributed by atoms with van der Waals surface area (Å²) in [5.41, 5.74) is 6.32. The zero-order chi connectivity index (χ0) is 13.8. The zero-order valence-electron chi connectivity index (χ0n) is 10.9. The van der Waals surface area contributed by atoms with Crippen LogP contribution in [0, 0.1) is 6.92 Å². The van der Waals surface area contributed by atoms with Gasteiger partial charge < -0.3 is 5.73 Å². The van der Waals surface area contributed by atoms with Gasteiger partial charge in [0.25, 0.3) is 0 Å². The van der Waals surface area contributed by atoms with Gasteiger partial charge in [-0.2, -0.15) is 0 Å². The molecule has 0 unspecified atom stereocenters. The summed E-state index contributed by atoms with van der Waals surface area (Å²) in [6, 6.07) is 1.72. The van der Waals surface area contributed by atoms with Gasteiger partial charge in [0.2, 0.25) is 0 Å². The molecule has 2 heterocycles. The molecule has 0 aliphatic heterocycles. The van der Waals surface area contributed by atoms with Gasteiger partial charge >= 0.3 is 5.69 Å². The van der Waals surface area contributed by atoms with Gasteiger partial charge in [-0.25, -0.2) is 19.9 Å². The van der Waals surface area contributed by atoms with E-state index in [4.69, 9.17) is 5.73 Å². The molecule has 8 heteroatoms. The second-order valence-electron chi connectivity index (χ2n) is 4.10. The molecule has 2 aromatic rings. The summed E-state index contributed by atoms with van der Waals surface area (Å²) >= 11 is 1.42. The molecule has 3 N–H and O–H groups in total. The first-order valence-electron chi connectivity index (χ1n) is 5.98. The quantitative estimate of drug-likeness (QED) is 0.791. The fraction of sp³-hybridized carbons (Fsp3) is 0.455. The molecule has 19 heavy (non-hydrogen) atoms. The molecule has 0 aromatic carbocycles. The molecular weight excluding hydrogens is 264 g/mol. The van der Waals surface area contributed by atoms with Crippen molar-refractivity contribution in [3.8, 4) is 0 Å². The Kier molecular flexibility index (Phi) is 4.20. The molecule has 0 bridgehead atoms. The lowest BCUT2D eigenvalue weighted by Gasteiger charge is -2.04. The van der Waals surface area contributed by atoms with E-state index in [9.17, 15) is 4.79 Å². The minimum absolute atomic E-state index is 0.186. The van der Waals surface area contributed by atoms with Crippen molar-refractivity contribution in [2.75, 3.05) is 5.73 Å². The average Bonchev–Trinajstić information content (AvgIpc) is 2.68. The zero-order valence-corrected chi connectivity index (χ0v) is 11.7. The Morgan fingerprint density at radius 3 is 2.95 bits per heavy atom. The molecule has 0 amide bonds. The fourth-order valence-corrected chi connectivity index (χ4v) is 2.51. The average molecular weight is 280 g/mol. The summed E-state index contributed by atoms with van der Waals surface area (Å²) < 4.78 is 1.61. The number of hydrogen-bond donors (Lipinski definition) is 2. The third-order valence-corrected chi connectivity index (χ3v) is 3.39. The highest BCUT2D eigenvalue weighted by Gasteiger charge is 2.09. The summed E-state index contributed by atoms with van der Waals surface area (Å²) in [6.07, 6.45) is 0.876. The largest absolute Gasteiger partial charge is 0.384 e. The van der Waals surface area contributed by atoms with Crippen LogP contribution in [0.3, 0.4) is 0 Å². The topological polar surface area (TPSA) is 102 Å². The number of thioether (sulfide) groups is 1. The van der Waals surface area contributed by atoms with Crippen LogP contribution in [0.5, 0.6) is 0 Å². The van der Waals surface area contributed by atoms with Crippen LogP contribution in [0.15, 0.2) is 16.0 Å². The van der Waals surface area contributed by atoms with Crippen molar-refractivity contribution in [3.05, 3.63) is 28.1 Å². The number of rotatable bonds is 5. The first-order chi connectivity index (χ1) is 9.10. The fourth-order valence-electron chi connectivity index (χ4n) is 1.68. The summed E-state index contributed by atoms with van der Waals surface area (Å²) in [6.45, 7) is 4.53. The number of H-pyrrole nitrogens is 1. The van der Waals surface area contributed by atoms with E-state index in [-0.39, 0.29) is 5.69 Å². The van der Waals surface area contributed by atoms with Crippen LogP contribution < -0.4 is 11.4 Å². The number of nitrogens with two attached hydrogens (primary N) is 1. The van der Waals surface area contributed by atoms with Crippen molar-refractivity contribution >= 4 is 17.6 Å². The SMILES string of the molecule is CCCn1c(SCc2nc(C)cc(N)n2)n[nH]c1=O. The number of anilines is 1. The van der Waals surface area contributed by atoms with Gasteiger partial charge in [-0.05, 0) is 13.3 Å². The van der Waals surface area contributed by atoms with Crippen LogP contribution in [0.25, 0.3) is 0 Å². The van der Waals surface area contributed by atoms with Crippen LogP contribution in [0.2, 0.25) is 0 Å². The van der Waals surface area contributed by atoms with Crippen molar-refractivity contribution in [2.24, 2.45) is 0 Å². The monoisotopic (exact) mass is 280 g/mol. The lowest BCUT2D eigenvalue weighted by molar-refractivity contribution is 0.603. The highest BCUT2D eigenvalue weighted by atomic mass is 32.2. The van der Waals surface area contributed by atoms with Crippen LogP contribution >= 0.6 is 11.8 Å². The van der Waals surface area contributed by atoms with Crippen molar-refractivity contribution in [1.29, 1.82) is 0 Å². The highest BCUT2D eigenvalue weighted by molar-refractivity contribution is 7.98. The number of nitrogens with zero attached hydrogens (tertiary/aromatic N) is 4. The molecule has 0 aliphatic rings. The summed E-state index contributed by atoms with van der Waals surface area (Å²) in [5.74, 6) is 1.62. The minimum Gasteiger partial charge on any atom is -0.384 e. The third-order valence-electron chi connectivity index (χ3n) is 2.42. The van der Waals surface area contributed by atoms with E-state index in [1.807, 2.05) is 13.8 Å². The van der Waals surface area contributed by atoms with Gasteiger partial charge in [-0.3, -0.25) is 4.57 Å². The Balaban J connectivity index is 2.12. The standard InChI is InChI=1S/C11H16N6OS/c1-3-4-17-10(18)15-16-11(17)19-6-9-13-7(2)5-8(12)14-9/h5H,3-4,6H2,1-2H3,(H,15,18)(H2,12,13,14). The van der Waals surface area contributed by atoms with E-state index >= 15 is 0 Å². The number of aryl methyl sites for hydroxylation is 1. The number of nitrogens with one attached hydrogen (secondary N) is 1. The molecule has 0 fully saturated rings. The van der Waals surface area contributed by atoms with E-state index in [1.54, 1.807) is 10.6 Å². The Bertz CT molecular complexity index is 600. The molecule has 0 spiro atoms. The summed E-state index contributed by atoms with van der Waals surface area (Å²) in [7, 11) is 0. The van der Waals surface area contributed by atoms with E-state index in [0.29, 0.717) is 29.1 Å². The maximum atomic E-state index is 11.5. The maximum absolute atomic E-state index is 11.5. The molecule has 102 valence electrons. The molecule has 7 nitrogen and oxygen atoms in total. The smallest absolute Gasteiger partial charge is 0.343 e. The lowest BCUT2D eigenvalue weighted by Crippen LogP contribution is -2.17. The van der Waals surface area contributed by atoms with E-state index in [2.05, 4.69) is 20.2 Å². The van der Waals surface area contributed by atoms with E-state index in [0.717, 1.165) is 12.1 Å². The van der Waals surface area contributed by atoms with Crippen LogP contribution in [0.4, 0.5) is 5.82 Å². The van der Waals surface area contributed by atoms with Crippen molar-refractivity contribution in [1.82, 2.24) is 24.7 Å². The number of aromatic nitrogens is 5. The van der Waals surface area contributed by atoms with Gasteiger partial charge in [-0.1, -0.05) is 18.7 Å². The lowest BCUT2D eigenvalue weighted by atomic mass is 10.4. The van der Waals surface area contributed by atoms with E-state index in [1.165, 1.54) is 11.8 Å². The highest BCUT2D eigenvalue weighted by Crippen LogP contribution is 2.18. The van der Waals surface area contributed by atoms with Gasteiger partial charge in [0, 0.05) is 18.3 Å². The van der Waals surface area contributed by atoms with Gasteiger partial charge in [0.1, 0.15) is 11.6 Å². The van der Waals surface area contributed by atoms with Gasteiger partial charge in [0.15, 0.2) is 5.16 Å². The minimum atomic E-state index is -0.186. The predicted octanol–water partition coefficient (Wildman–Crippen LogP) is 0.954. The Labute approximate surface area is 114 Å². The maximum Gasteiger partial charge on any atom is 0.343 e. The summed E-state index contributed by atoms with van der Waals surface area (Å²) in [5, 5.41) is 7.10. The van der Waals surface area contributed by atoms with Crippen LogP contribution in [-0.4, -0.2) is 24.7 Å². The molecule has 0 radical (unpaired) electrons. The molecule has 0 aliphatic carbocycles. The second kappa shape index (κ2) is 5.87. The summed E-state index contributed by atoms with van der Waals surface area (Å²) in [4.78, 5) is 20.0. The molecule has 0 saturated carbocycles. The van der Waals surface area contributed by atoms with Gasteiger partial charge in [0.05, 0.1) is 5.75 Å². The van der Waals surface area contributed by atoms with Gasteiger partial charge in [-0.15, -0.1) is 5.10 Å². The molecule has 2 rings (SSSR count). The van der Waals surface area contributed by atoms with E-state index < -0.39 is 0 Å². The molecule has 0 atom stereocenters. The first kappa shape index (κ1) is 13.6.